The van der Waals surface area contributed by atoms with E-state index in [1.54, 1.807) is 17.4 Å². The molecule has 1 aromatic carbocycles. The first kappa shape index (κ1) is 12.6. The molecule has 17 heavy (non-hydrogen) atoms. The van der Waals surface area contributed by atoms with Crippen molar-refractivity contribution in [2.24, 2.45) is 0 Å². The van der Waals surface area contributed by atoms with Gasteiger partial charge in [0.25, 0.3) is 0 Å². The predicted octanol–water partition coefficient (Wildman–Crippen LogP) is 4.39. The molecule has 1 N–H and O–H groups in total. The van der Waals surface area contributed by atoms with E-state index < -0.39 is 0 Å². The first-order chi connectivity index (χ1) is 8.16. The number of hydrogen-bond donors (Lipinski definition) is 1. The van der Waals surface area contributed by atoms with Gasteiger partial charge >= 0.3 is 0 Å². The van der Waals surface area contributed by atoms with E-state index in [0.717, 1.165) is 5.56 Å². The van der Waals surface area contributed by atoms with Crippen molar-refractivity contribution in [3.05, 3.63) is 57.0 Å². The molecule has 2 rings (SSSR count). The molecule has 1 atom stereocenters. The maximum absolute atomic E-state index is 12.9. The monoisotopic (exact) mass is 269 g/mol. The van der Waals surface area contributed by atoms with Crippen LogP contribution < -0.4 is 5.32 Å². The van der Waals surface area contributed by atoms with E-state index in [4.69, 9.17) is 11.6 Å². The summed E-state index contributed by atoms with van der Waals surface area (Å²) in [7, 11) is 0. The SMILES string of the molecule is C[C@H](NCc1ccc(F)cc1Cl)c1cccs1. The van der Waals surface area contributed by atoms with Crippen LogP contribution in [0.2, 0.25) is 5.02 Å². The molecule has 0 aliphatic heterocycles. The number of halogens is 2. The highest BCUT2D eigenvalue weighted by Crippen LogP contribution is 2.21. The van der Waals surface area contributed by atoms with Crippen molar-refractivity contribution >= 4 is 22.9 Å². The summed E-state index contributed by atoms with van der Waals surface area (Å²) in [5.74, 6) is -0.301. The Labute approximate surface area is 109 Å². The maximum Gasteiger partial charge on any atom is 0.124 e. The molecule has 0 bridgehead atoms. The van der Waals surface area contributed by atoms with E-state index in [1.807, 2.05) is 6.07 Å². The lowest BCUT2D eigenvalue weighted by molar-refractivity contribution is 0.580. The van der Waals surface area contributed by atoms with Crippen LogP contribution in [0, 0.1) is 5.82 Å². The molecule has 0 saturated heterocycles. The van der Waals surface area contributed by atoms with Crippen molar-refractivity contribution in [1.82, 2.24) is 5.32 Å². The molecule has 0 saturated carbocycles. The van der Waals surface area contributed by atoms with Gasteiger partial charge in [0.1, 0.15) is 5.82 Å². The first-order valence-corrected chi connectivity index (χ1v) is 6.63. The van der Waals surface area contributed by atoms with E-state index in [2.05, 4.69) is 23.7 Å². The van der Waals surface area contributed by atoms with Gasteiger partial charge in [-0.15, -0.1) is 11.3 Å². The Morgan fingerprint density at radius 2 is 2.24 bits per heavy atom. The van der Waals surface area contributed by atoms with Crippen molar-refractivity contribution in [3.8, 4) is 0 Å². The fraction of sp³-hybridized carbons (Fsp3) is 0.231. The lowest BCUT2D eigenvalue weighted by Gasteiger charge is -2.12. The minimum Gasteiger partial charge on any atom is -0.305 e. The van der Waals surface area contributed by atoms with Crippen molar-refractivity contribution in [3.63, 3.8) is 0 Å². The van der Waals surface area contributed by atoms with Gasteiger partial charge in [-0.05, 0) is 36.1 Å². The largest absolute Gasteiger partial charge is 0.305 e. The second kappa shape index (κ2) is 5.63. The Morgan fingerprint density at radius 3 is 2.88 bits per heavy atom. The third-order valence-electron chi connectivity index (χ3n) is 2.58. The molecule has 0 aliphatic rings. The first-order valence-electron chi connectivity index (χ1n) is 5.37. The Balaban J connectivity index is 1.98. The molecule has 0 spiro atoms. The van der Waals surface area contributed by atoms with Crippen LogP contribution in [0.15, 0.2) is 35.7 Å². The third-order valence-corrected chi connectivity index (χ3v) is 3.99. The lowest BCUT2D eigenvalue weighted by Crippen LogP contribution is -2.17. The number of hydrogen-bond acceptors (Lipinski definition) is 2. The number of rotatable bonds is 4. The van der Waals surface area contributed by atoms with Crippen molar-refractivity contribution < 1.29 is 4.39 Å². The standard InChI is InChI=1S/C13H13ClFNS/c1-9(13-3-2-6-17-13)16-8-10-4-5-11(15)7-12(10)14/h2-7,9,16H,8H2,1H3/t9-/m0/s1. The Kier molecular flexibility index (Phi) is 4.15. The van der Waals surface area contributed by atoms with Crippen LogP contribution in [0.4, 0.5) is 4.39 Å². The van der Waals surface area contributed by atoms with Crippen LogP contribution >= 0.6 is 22.9 Å². The number of benzene rings is 1. The van der Waals surface area contributed by atoms with Crippen LogP contribution in [0.25, 0.3) is 0 Å². The summed E-state index contributed by atoms with van der Waals surface area (Å²) in [6.45, 7) is 2.74. The topological polar surface area (TPSA) is 12.0 Å². The molecule has 1 aromatic heterocycles. The third kappa shape index (κ3) is 3.28. The molecule has 90 valence electrons. The van der Waals surface area contributed by atoms with Crippen LogP contribution in [0.1, 0.15) is 23.4 Å². The molecule has 0 radical (unpaired) electrons. The Bertz CT molecular complexity index is 484. The van der Waals surface area contributed by atoms with E-state index in [9.17, 15) is 4.39 Å². The second-order valence-corrected chi connectivity index (χ2v) is 5.24. The van der Waals surface area contributed by atoms with E-state index in [1.165, 1.54) is 17.0 Å². The van der Waals surface area contributed by atoms with Crippen molar-refractivity contribution in [1.29, 1.82) is 0 Å². The van der Waals surface area contributed by atoms with Crippen LogP contribution in [-0.2, 0) is 6.54 Å². The molecule has 1 heterocycles. The Hall–Kier alpha value is -0.900. The van der Waals surface area contributed by atoms with Gasteiger partial charge in [-0.3, -0.25) is 0 Å². The zero-order valence-electron chi connectivity index (χ0n) is 9.41. The quantitative estimate of drug-likeness (QED) is 0.868. The summed E-state index contributed by atoms with van der Waals surface area (Å²) in [5, 5.41) is 5.89. The molecule has 4 heteroatoms. The van der Waals surface area contributed by atoms with Gasteiger partial charge in [-0.2, -0.15) is 0 Å². The van der Waals surface area contributed by atoms with Gasteiger partial charge in [0.05, 0.1) is 0 Å². The average Bonchev–Trinajstić information content (AvgIpc) is 2.81. The van der Waals surface area contributed by atoms with Gasteiger partial charge in [-0.25, -0.2) is 4.39 Å². The molecule has 0 aliphatic carbocycles. The van der Waals surface area contributed by atoms with Crippen LogP contribution in [-0.4, -0.2) is 0 Å². The lowest BCUT2D eigenvalue weighted by atomic mass is 10.2. The normalized spacial score (nSPS) is 12.6. The summed E-state index contributed by atoms with van der Waals surface area (Å²) in [6.07, 6.45) is 0. The summed E-state index contributed by atoms with van der Waals surface area (Å²) in [6, 6.07) is 8.88. The summed E-state index contributed by atoms with van der Waals surface area (Å²) < 4.78 is 12.9. The smallest absolute Gasteiger partial charge is 0.124 e. The average molecular weight is 270 g/mol. The minimum atomic E-state index is -0.301. The van der Waals surface area contributed by atoms with Crippen molar-refractivity contribution in [2.75, 3.05) is 0 Å². The van der Waals surface area contributed by atoms with E-state index in [0.29, 0.717) is 11.6 Å². The predicted molar refractivity (Wildman–Crippen MR) is 71.0 cm³/mol. The number of thiophene rings is 1. The fourth-order valence-corrected chi connectivity index (χ4v) is 2.56. The fourth-order valence-electron chi connectivity index (χ4n) is 1.57. The maximum atomic E-state index is 12.9. The van der Waals surface area contributed by atoms with Crippen LogP contribution in [0.3, 0.4) is 0 Å². The molecular formula is C13H13ClFNS. The van der Waals surface area contributed by atoms with E-state index >= 15 is 0 Å². The summed E-state index contributed by atoms with van der Waals surface area (Å²) in [5.41, 5.74) is 0.913. The van der Waals surface area contributed by atoms with Gasteiger partial charge in [0.15, 0.2) is 0 Å². The van der Waals surface area contributed by atoms with Crippen LogP contribution in [0.5, 0.6) is 0 Å². The highest BCUT2D eigenvalue weighted by Gasteiger charge is 2.07. The highest BCUT2D eigenvalue weighted by molar-refractivity contribution is 7.10. The zero-order chi connectivity index (χ0) is 12.3. The van der Waals surface area contributed by atoms with Gasteiger partial charge < -0.3 is 5.32 Å². The highest BCUT2D eigenvalue weighted by atomic mass is 35.5. The molecule has 0 unspecified atom stereocenters. The van der Waals surface area contributed by atoms with Crippen molar-refractivity contribution in [2.45, 2.75) is 19.5 Å². The van der Waals surface area contributed by atoms with E-state index in [-0.39, 0.29) is 11.9 Å². The molecular weight excluding hydrogens is 257 g/mol. The summed E-state index contributed by atoms with van der Waals surface area (Å²) >= 11 is 7.68. The molecule has 0 fully saturated rings. The molecule has 0 amide bonds. The van der Waals surface area contributed by atoms with Gasteiger partial charge in [-0.1, -0.05) is 23.7 Å². The van der Waals surface area contributed by atoms with Gasteiger partial charge in [0.2, 0.25) is 0 Å². The van der Waals surface area contributed by atoms with Gasteiger partial charge in [0, 0.05) is 22.5 Å². The number of nitrogens with one attached hydrogen (secondary N) is 1. The minimum absolute atomic E-state index is 0.274. The molecule has 2 aromatic rings. The molecule has 1 nitrogen and oxygen atoms in total. The second-order valence-electron chi connectivity index (χ2n) is 3.85. The Morgan fingerprint density at radius 1 is 1.41 bits per heavy atom. The zero-order valence-corrected chi connectivity index (χ0v) is 11.0. The summed E-state index contributed by atoms with van der Waals surface area (Å²) in [4.78, 5) is 1.28.